The van der Waals surface area contributed by atoms with E-state index in [-0.39, 0.29) is 33.3 Å². The fourth-order valence-electron chi connectivity index (χ4n) is 1.43. The Morgan fingerprint density at radius 1 is 1.00 bits per heavy atom. The van der Waals surface area contributed by atoms with Crippen LogP contribution in [0, 0.1) is 0 Å². The third-order valence-corrected chi connectivity index (χ3v) is 3.30. The van der Waals surface area contributed by atoms with Gasteiger partial charge in [0.2, 0.25) is 5.43 Å². The SMILES string of the molecule is COC(=O)c1c(CBr)oc(CBr)c(C(=O)OC)c1=O. The van der Waals surface area contributed by atoms with Crippen LogP contribution < -0.4 is 5.43 Å². The Morgan fingerprint density at radius 3 is 1.63 bits per heavy atom. The molecule has 0 saturated heterocycles. The number of hydrogen-bond acceptors (Lipinski definition) is 6. The molecule has 8 heteroatoms. The van der Waals surface area contributed by atoms with Crippen molar-refractivity contribution in [2.24, 2.45) is 0 Å². The molecule has 0 aliphatic rings. The van der Waals surface area contributed by atoms with Gasteiger partial charge in [-0.3, -0.25) is 4.79 Å². The topological polar surface area (TPSA) is 82.8 Å². The maximum atomic E-state index is 12.2. The zero-order valence-corrected chi connectivity index (χ0v) is 13.3. The highest BCUT2D eigenvalue weighted by Crippen LogP contribution is 2.19. The molecule has 0 bridgehead atoms. The van der Waals surface area contributed by atoms with Crippen LogP contribution in [0.1, 0.15) is 32.2 Å². The number of methoxy groups -OCH3 is 2. The van der Waals surface area contributed by atoms with Crippen LogP contribution in [0.4, 0.5) is 0 Å². The summed E-state index contributed by atoms with van der Waals surface area (Å²) >= 11 is 6.22. The molecule has 0 spiro atoms. The van der Waals surface area contributed by atoms with Crippen LogP contribution in [0.15, 0.2) is 9.21 Å². The zero-order valence-electron chi connectivity index (χ0n) is 10.1. The minimum atomic E-state index is -0.866. The third kappa shape index (κ3) is 3.06. The van der Waals surface area contributed by atoms with Gasteiger partial charge in [0, 0.05) is 0 Å². The minimum Gasteiger partial charge on any atom is -0.465 e. The van der Waals surface area contributed by atoms with E-state index in [0.717, 1.165) is 14.2 Å². The zero-order chi connectivity index (χ0) is 14.6. The second-order valence-electron chi connectivity index (χ2n) is 3.28. The molecule has 0 radical (unpaired) electrons. The van der Waals surface area contributed by atoms with Crippen LogP contribution in [0.5, 0.6) is 0 Å². The van der Waals surface area contributed by atoms with E-state index in [1.54, 1.807) is 0 Å². The van der Waals surface area contributed by atoms with Crippen LogP contribution in [0.2, 0.25) is 0 Å². The molecule has 1 aromatic rings. The molecule has 104 valence electrons. The van der Waals surface area contributed by atoms with E-state index in [1.807, 2.05) is 0 Å². The highest BCUT2D eigenvalue weighted by atomic mass is 79.9. The molecule has 0 aliphatic heterocycles. The Bertz CT molecular complexity index is 518. The Kier molecular flexibility index (Phi) is 5.74. The molecule has 1 aromatic heterocycles. The Morgan fingerprint density at radius 2 is 1.37 bits per heavy atom. The van der Waals surface area contributed by atoms with Gasteiger partial charge < -0.3 is 13.9 Å². The molecule has 1 heterocycles. The predicted molar refractivity (Wildman–Crippen MR) is 72.9 cm³/mol. The molecule has 0 fully saturated rings. The van der Waals surface area contributed by atoms with E-state index in [4.69, 9.17) is 4.42 Å². The molecule has 1 rings (SSSR count). The normalized spacial score (nSPS) is 10.1. The maximum Gasteiger partial charge on any atom is 0.345 e. The number of halogens is 2. The van der Waals surface area contributed by atoms with Crippen LogP contribution in [-0.4, -0.2) is 26.2 Å². The molecule has 0 aromatic carbocycles. The first-order valence-electron chi connectivity index (χ1n) is 4.99. The molecule has 0 amide bonds. The van der Waals surface area contributed by atoms with Crippen molar-refractivity contribution in [1.29, 1.82) is 0 Å². The second-order valence-corrected chi connectivity index (χ2v) is 4.40. The van der Waals surface area contributed by atoms with Crippen molar-refractivity contribution in [2.45, 2.75) is 10.7 Å². The molecule has 19 heavy (non-hydrogen) atoms. The average Bonchev–Trinajstić information content (AvgIpc) is 2.44. The van der Waals surface area contributed by atoms with Gasteiger partial charge in [-0.25, -0.2) is 9.59 Å². The van der Waals surface area contributed by atoms with Crippen LogP contribution in [0.25, 0.3) is 0 Å². The average molecular weight is 398 g/mol. The Balaban J connectivity index is 3.69. The largest absolute Gasteiger partial charge is 0.465 e. The first kappa shape index (κ1) is 15.9. The van der Waals surface area contributed by atoms with E-state index in [1.165, 1.54) is 0 Å². The Hall–Kier alpha value is -1.15. The summed E-state index contributed by atoms with van der Waals surface area (Å²) in [6.45, 7) is 0. The van der Waals surface area contributed by atoms with Crippen LogP contribution in [0.3, 0.4) is 0 Å². The van der Waals surface area contributed by atoms with Gasteiger partial charge in [0.25, 0.3) is 0 Å². The van der Waals surface area contributed by atoms with Gasteiger partial charge in [-0.2, -0.15) is 0 Å². The molecular formula is C11H10Br2O6. The highest BCUT2D eigenvalue weighted by molar-refractivity contribution is 9.08. The summed E-state index contributed by atoms with van der Waals surface area (Å²) in [6.07, 6.45) is 0. The van der Waals surface area contributed by atoms with E-state index in [0.29, 0.717) is 0 Å². The first-order valence-corrected chi connectivity index (χ1v) is 7.23. The van der Waals surface area contributed by atoms with E-state index in [2.05, 4.69) is 41.3 Å². The van der Waals surface area contributed by atoms with E-state index >= 15 is 0 Å². The number of ether oxygens (including phenoxy) is 2. The molecule has 6 nitrogen and oxygen atoms in total. The number of rotatable bonds is 4. The predicted octanol–water partition coefficient (Wildman–Crippen LogP) is 2.00. The third-order valence-electron chi connectivity index (χ3n) is 2.28. The van der Waals surface area contributed by atoms with Gasteiger partial charge in [-0.05, 0) is 0 Å². The van der Waals surface area contributed by atoms with Crippen LogP contribution in [-0.2, 0) is 20.1 Å². The summed E-state index contributed by atoms with van der Waals surface area (Å²) in [6, 6.07) is 0. The van der Waals surface area contributed by atoms with Crippen molar-refractivity contribution in [3.8, 4) is 0 Å². The molecule has 0 unspecified atom stereocenters. The van der Waals surface area contributed by atoms with Crippen molar-refractivity contribution in [3.63, 3.8) is 0 Å². The number of hydrogen-bond donors (Lipinski definition) is 0. The first-order chi connectivity index (χ1) is 9.01. The summed E-state index contributed by atoms with van der Waals surface area (Å²) in [7, 11) is 2.27. The fourth-order valence-corrected chi connectivity index (χ4v) is 2.22. The minimum absolute atomic E-state index is 0.0963. The van der Waals surface area contributed by atoms with E-state index < -0.39 is 17.4 Å². The molecular weight excluding hydrogens is 388 g/mol. The lowest BCUT2D eigenvalue weighted by atomic mass is 10.1. The fraction of sp³-hybridized carbons (Fsp3) is 0.364. The lowest BCUT2D eigenvalue weighted by Gasteiger charge is -2.09. The number of carbonyl (C=O) groups is 2. The highest BCUT2D eigenvalue weighted by Gasteiger charge is 2.28. The number of alkyl halides is 2. The Labute approximate surface area is 125 Å². The number of esters is 2. The van der Waals surface area contributed by atoms with Gasteiger partial charge >= 0.3 is 11.9 Å². The summed E-state index contributed by atoms with van der Waals surface area (Å²) in [5.74, 6) is -1.54. The van der Waals surface area contributed by atoms with Gasteiger partial charge in [-0.15, -0.1) is 0 Å². The van der Waals surface area contributed by atoms with E-state index in [9.17, 15) is 14.4 Å². The molecule has 0 N–H and O–H groups in total. The quantitative estimate of drug-likeness (QED) is 0.570. The second kappa shape index (κ2) is 6.85. The smallest absolute Gasteiger partial charge is 0.345 e. The maximum absolute atomic E-state index is 12.2. The molecule has 0 saturated carbocycles. The summed E-state index contributed by atoms with van der Waals surface area (Å²) in [4.78, 5) is 35.4. The molecule has 0 atom stereocenters. The lowest BCUT2D eigenvalue weighted by molar-refractivity contribution is 0.0587. The van der Waals surface area contributed by atoms with Gasteiger partial charge in [0.1, 0.15) is 22.6 Å². The van der Waals surface area contributed by atoms with Crippen LogP contribution >= 0.6 is 31.9 Å². The summed E-state index contributed by atoms with van der Waals surface area (Å²) < 4.78 is 14.4. The summed E-state index contributed by atoms with van der Waals surface area (Å²) in [5, 5.41) is 0.266. The monoisotopic (exact) mass is 396 g/mol. The molecule has 0 aliphatic carbocycles. The van der Waals surface area contributed by atoms with Crippen molar-refractivity contribution in [1.82, 2.24) is 0 Å². The van der Waals surface area contributed by atoms with Gasteiger partial charge in [0.05, 0.1) is 24.9 Å². The van der Waals surface area contributed by atoms with Gasteiger partial charge in [-0.1, -0.05) is 31.9 Å². The standard InChI is InChI=1S/C11H10Br2O6/c1-17-10(15)7-5(3-12)19-6(4-13)8(9(7)14)11(16)18-2/h3-4H2,1-2H3. The lowest BCUT2D eigenvalue weighted by Crippen LogP contribution is -2.27. The van der Waals surface area contributed by atoms with Gasteiger partial charge in [0.15, 0.2) is 0 Å². The van der Waals surface area contributed by atoms with Crippen molar-refractivity contribution >= 4 is 43.8 Å². The summed E-state index contributed by atoms with van der Waals surface area (Å²) in [5.41, 5.74) is -1.40. The number of carbonyl (C=O) groups excluding carboxylic acids is 2. The van der Waals surface area contributed by atoms with Crippen molar-refractivity contribution in [3.05, 3.63) is 32.9 Å². The van der Waals surface area contributed by atoms with Crippen molar-refractivity contribution in [2.75, 3.05) is 14.2 Å². The van der Waals surface area contributed by atoms with Crippen molar-refractivity contribution < 1.29 is 23.5 Å².